The van der Waals surface area contributed by atoms with Gasteiger partial charge in [-0.25, -0.2) is 0 Å². The molecule has 1 aliphatic heterocycles. The molecule has 1 aliphatic rings. The van der Waals surface area contributed by atoms with Gasteiger partial charge in [0.25, 0.3) is 5.91 Å². The van der Waals surface area contributed by atoms with Gasteiger partial charge in [-0.3, -0.25) is 14.7 Å². The van der Waals surface area contributed by atoms with Crippen molar-refractivity contribution < 1.29 is 9.32 Å². The Morgan fingerprint density at radius 3 is 2.92 bits per heavy atom. The van der Waals surface area contributed by atoms with Crippen molar-refractivity contribution in [2.24, 2.45) is 0 Å². The van der Waals surface area contributed by atoms with Crippen molar-refractivity contribution >= 4 is 5.91 Å². The third kappa shape index (κ3) is 4.41. The van der Waals surface area contributed by atoms with Gasteiger partial charge in [0, 0.05) is 44.4 Å². The van der Waals surface area contributed by atoms with E-state index in [9.17, 15) is 4.79 Å². The van der Waals surface area contributed by atoms with E-state index in [0.29, 0.717) is 5.69 Å². The van der Waals surface area contributed by atoms with Crippen LogP contribution in [0.2, 0.25) is 0 Å². The monoisotopic (exact) mass is 328 g/mol. The van der Waals surface area contributed by atoms with E-state index in [1.165, 1.54) is 0 Å². The van der Waals surface area contributed by atoms with Gasteiger partial charge in [0.2, 0.25) is 0 Å². The first-order chi connectivity index (χ1) is 11.7. The summed E-state index contributed by atoms with van der Waals surface area (Å²) in [6.07, 6.45) is 5.50. The number of likely N-dealkylation sites (tertiary alicyclic amines) is 1. The molecule has 2 aromatic heterocycles. The van der Waals surface area contributed by atoms with E-state index in [1.807, 2.05) is 24.4 Å². The fourth-order valence-corrected chi connectivity index (χ4v) is 3.00. The van der Waals surface area contributed by atoms with Crippen LogP contribution in [0, 0.1) is 0 Å². The van der Waals surface area contributed by atoms with Crippen LogP contribution in [0.25, 0.3) is 0 Å². The first-order valence-electron chi connectivity index (χ1n) is 8.63. The fourth-order valence-electron chi connectivity index (χ4n) is 3.00. The summed E-state index contributed by atoms with van der Waals surface area (Å²) in [5, 5.41) is 6.94. The van der Waals surface area contributed by atoms with E-state index in [4.69, 9.17) is 4.52 Å². The van der Waals surface area contributed by atoms with Crippen molar-refractivity contribution in [3.05, 3.63) is 47.6 Å². The molecular formula is C18H24N4O2. The molecule has 6 nitrogen and oxygen atoms in total. The van der Waals surface area contributed by atoms with Crippen LogP contribution in [0.1, 0.15) is 48.1 Å². The summed E-state index contributed by atoms with van der Waals surface area (Å²) in [5.41, 5.74) is 1.47. The molecule has 0 atom stereocenters. The van der Waals surface area contributed by atoms with Crippen molar-refractivity contribution in [2.45, 2.75) is 45.2 Å². The number of nitrogens with one attached hydrogen (secondary N) is 1. The van der Waals surface area contributed by atoms with Crippen LogP contribution in [0.3, 0.4) is 0 Å². The van der Waals surface area contributed by atoms with Crippen LogP contribution in [-0.4, -0.2) is 40.1 Å². The van der Waals surface area contributed by atoms with Gasteiger partial charge in [-0.05, 0) is 31.4 Å². The van der Waals surface area contributed by atoms with Gasteiger partial charge in [0.15, 0.2) is 5.69 Å². The molecule has 1 N–H and O–H groups in total. The van der Waals surface area contributed by atoms with Crippen LogP contribution >= 0.6 is 0 Å². The first-order valence-corrected chi connectivity index (χ1v) is 8.63. The maximum atomic E-state index is 12.2. The molecule has 1 fully saturated rings. The third-order valence-corrected chi connectivity index (χ3v) is 4.32. The number of aromatic nitrogens is 2. The summed E-state index contributed by atoms with van der Waals surface area (Å²) in [4.78, 5) is 19.0. The zero-order chi connectivity index (χ0) is 16.8. The van der Waals surface area contributed by atoms with Gasteiger partial charge in [0.05, 0.1) is 5.69 Å². The predicted octanol–water partition coefficient (Wildman–Crippen LogP) is 2.42. The SMILES string of the molecule is CCCc1cc(C(=O)NC2CCN(Cc3ccccn3)CC2)no1. The lowest BCUT2D eigenvalue weighted by Crippen LogP contribution is -2.44. The number of nitrogens with zero attached hydrogens (tertiary/aromatic N) is 3. The molecular weight excluding hydrogens is 304 g/mol. The van der Waals surface area contributed by atoms with Crippen LogP contribution in [0.4, 0.5) is 0 Å². The maximum Gasteiger partial charge on any atom is 0.273 e. The summed E-state index contributed by atoms with van der Waals surface area (Å²) < 4.78 is 5.17. The predicted molar refractivity (Wildman–Crippen MR) is 90.5 cm³/mol. The minimum atomic E-state index is -0.135. The number of aryl methyl sites for hydroxylation is 1. The van der Waals surface area contributed by atoms with Gasteiger partial charge < -0.3 is 9.84 Å². The molecule has 0 bridgehead atoms. The minimum absolute atomic E-state index is 0.135. The summed E-state index contributed by atoms with van der Waals surface area (Å²) in [6.45, 7) is 4.86. The van der Waals surface area contributed by atoms with Gasteiger partial charge in [-0.15, -0.1) is 0 Å². The molecule has 0 radical (unpaired) electrons. The number of carbonyl (C=O) groups excluding carboxylic acids is 1. The standard InChI is InChI=1S/C18H24N4O2/c1-2-5-16-12-17(21-24-16)18(23)20-14-7-10-22(11-8-14)13-15-6-3-4-9-19-15/h3-4,6,9,12,14H,2,5,7-8,10-11,13H2,1H3,(H,20,23). The van der Waals surface area contributed by atoms with Gasteiger partial charge in [0.1, 0.15) is 5.76 Å². The number of hydrogen-bond acceptors (Lipinski definition) is 5. The molecule has 0 unspecified atom stereocenters. The topological polar surface area (TPSA) is 71.3 Å². The van der Waals surface area contributed by atoms with Crippen molar-refractivity contribution in [1.82, 2.24) is 20.4 Å². The smallest absolute Gasteiger partial charge is 0.273 e. The maximum absolute atomic E-state index is 12.2. The number of hydrogen-bond donors (Lipinski definition) is 1. The van der Waals surface area contributed by atoms with Crippen LogP contribution in [0.5, 0.6) is 0 Å². The molecule has 0 aromatic carbocycles. The second kappa shape index (κ2) is 8.06. The van der Waals surface area contributed by atoms with E-state index in [1.54, 1.807) is 6.07 Å². The molecule has 6 heteroatoms. The molecule has 2 aromatic rings. The number of amides is 1. The summed E-state index contributed by atoms with van der Waals surface area (Å²) in [5.74, 6) is 0.636. The molecule has 0 aliphatic carbocycles. The summed E-state index contributed by atoms with van der Waals surface area (Å²) >= 11 is 0. The van der Waals surface area contributed by atoms with Gasteiger partial charge in [-0.2, -0.15) is 0 Å². The second-order valence-electron chi connectivity index (χ2n) is 6.27. The van der Waals surface area contributed by atoms with Crippen molar-refractivity contribution in [1.29, 1.82) is 0 Å². The Kier molecular flexibility index (Phi) is 5.59. The summed E-state index contributed by atoms with van der Waals surface area (Å²) in [6, 6.07) is 7.94. The lowest BCUT2D eigenvalue weighted by atomic mass is 10.0. The van der Waals surface area contributed by atoms with Gasteiger partial charge >= 0.3 is 0 Å². The molecule has 0 spiro atoms. The quantitative estimate of drug-likeness (QED) is 0.882. The van der Waals surface area contributed by atoms with E-state index < -0.39 is 0 Å². The molecule has 1 saturated heterocycles. The Morgan fingerprint density at radius 2 is 2.21 bits per heavy atom. The lowest BCUT2D eigenvalue weighted by molar-refractivity contribution is 0.0899. The third-order valence-electron chi connectivity index (χ3n) is 4.32. The van der Waals surface area contributed by atoms with Crippen LogP contribution in [0.15, 0.2) is 35.0 Å². The Morgan fingerprint density at radius 1 is 1.38 bits per heavy atom. The van der Waals surface area contributed by atoms with E-state index in [2.05, 4.69) is 27.3 Å². The average Bonchev–Trinajstić information content (AvgIpc) is 3.07. The van der Waals surface area contributed by atoms with E-state index in [-0.39, 0.29) is 11.9 Å². The van der Waals surface area contributed by atoms with Crippen LogP contribution < -0.4 is 5.32 Å². The van der Waals surface area contributed by atoms with Crippen molar-refractivity contribution in [2.75, 3.05) is 13.1 Å². The van der Waals surface area contributed by atoms with E-state index >= 15 is 0 Å². The number of piperidine rings is 1. The zero-order valence-corrected chi connectivity index (χ0v) is 14.1. The highest BCUT2D eigenvalue weighted by molar-refractivity contribution is 5.92. The highest BCUT2D eigenvalue weighted by Gasteiger charge is 2.22. The average molecular weight is 328 g/mol. The molecule has 3 heterocycles. The number of pyridine rings is 1. The van der Waals surface area contributed by atoms with Gasteiger partial charge in [-0.1, -0.05) is 18.1 Å². The van der Waals surface area contributed by atoms with Crippen molar-refractivity contribution in [3.63, 3.8) is 0 Å². The molecule has 128 valence electrons. The normalized spacial score (nSPS) is 16.2. The second-order valence-corrected chi connectivity index (χ2v) is 6.27. The Hall–Kier alpha value is -2.21. The molecule has 3 rings (SSSR count). The first kappa shape index (κ1) is 16.6. The van der Waals surface area contributed by atoms with Crippen molar-refractivity contribution in [3.8, 4) is 0 Å². The van der Waals surface area contributed by atoms with Crippen LogP contribution in [-0.2, 0) is 13.0 Å². The lowest BCUT2D eigenvalue weighted by Gasteiger charge is -2.31. The number of carbonyl (C=O) groups is 1. The highest BCUT2D eigenvalue weighted by Crippen LogP contribution is 2.14. The fraction of sp³-hybridized carbons (Fsp3) is 0.500. The Labute approximate surface area is 142 Å². The largest absolute Gasteiger partial charge is 0.361 e. The van der Waals surface area contributed by atoms with E-state index in [0.717, 1.165) is 56.8 Å². The molecule has 0 saturated carbocycles. The highest BCUT2D eigenvalue weighted by atomic mass is 16.5. The number of rotatable bonds is 6. The Balaban J connectivity index is 1.45. The summed E-state index contributed by atoms with van der Waals surface area (Å²) in [7, 11) is 0. The minimum Gasteiger partial charge on any atom is -0.361 e. The molecule has 24 heavy (non-hydrogen) atoms. The Bertz CT molecular complexity index is 648. The molecule has 1 amide bonds. The zero-order valence-electron chi connectivity index (χ0n) is 14.1.